The van der Waals surface area contributed by atoms with Gasteiger partial charge in [0, 0.05) is 23.6 Å². The first-order valence-electron chi connectivity index (χ1n) is 10.0. The number of halogens is 1. The number of anilines is 1. The number of nitrogens with zero attached hydrogens (tertiary/aromatic N) is 1. The number of aromatic amines is 1. The maximum absolute atomic E-state index is 14.1. The molecule has 1 aromatic heterocycles. The highest BCUT2D eigenvalue weighted by atomic mass is 19.1. The van der Waals surface area contributed by atoms with Gasteiger partial charge in [0.15, 0.2) is 5.78 Å². The maximum Gasteiger partial charge on any atom is 0.277 e. The molecular weight excluding hydrogens is 381 g/mol. The standard InChI is InChI=1S/C24H22FN3O2/c1-24(2)12-17-20(18(29)13-24)19(14-7-6-8-15(25)11-14)21-22(26-17)27-28(23(21)30)16-9-4-3-5-10-16/h3-11,19,26-27H,12-13H2,1-2H3. The number of Topliss-reactive ketones (excluding diaryl/α,β-unsaturated/α-hetero) is 1. The van der Waals surface area contributed by atoms with Gasteiger partial charge < -0.3 is 5.32 Å². The third kappa shape index (κ3) is 2.91. The summed E-state index contributed by atoms with van der Waals surface area (Å²) in [6.45, 7) is 4.11. The van der Waals surface area contributed by atoms with Crippen LogP contribution in [0.15, 0.2) is 70.7 Å². The van der Waals surface area contributed by atoms with Crippen LogP contribution in [0.5, 0.6) is 0 Å². The molecule has 0 saturated heterocycles. The van der Waals surface area contributed by atoms with Crippen molar-refractivity contribution in [2.45, 2.75) is 32.6 Å². The van der Waals surface area contributed by atoms with Crippen LogP contribution in [0.2, 0.25) is 0 Å². The predicted octanol–water partition coefficient (Wildman–Crippen LogP) is 4.51. The molecule has 2 aliphatic rings. The summed E-state index contributed by atoms with van der Waals surface area (Å²) in [5.74, 6) is -0.440. The molecule has 0 bridgehead atoms. The van der Waals surface area contributed by atoms with E-state index in [-0.39, 0.29) is 16.8 Å². The lowest BCUT2D eigenvalue weighted by molar-refractivity contribution is -0.118. The number of ketones is 1. The number of benzene rings is 2. The number of carbonyl (C=O) groups is 1. The van der Waals surface area contributed by atoms with Gasteiger partial charge in [-0.15, -0.1) is 0 Å². The van der Waals surface area contributed by atoms with Gasteiger partial charge in [-0.2, -0.15) is 0 Å². The second kappa shape index (κ2) is 6.55. The summed E-state index contributed by atoms with van der Waals surface area (Å²) in [6, 6.07) is 15.4. The number of hydrogen-bond acceptors (Lipinski definition) is 3. The number of hydrogen-bond donors (Lipinski definition) is 2. The van der Waals surface area contributed by atoms with E-state index in [9.17, 15) is 14.0 Å². The van der Waals surface area contributed by atoms with Crippen LogP contribution in [0.3, 0.4) is 0 Å². The Labute approximate surface area is 173 Å². The van der Waals surface area contributed by atoms with E-state index in [1.165, 1.54) is 16.8 Å². The highest BCUT2D eigenvalue weighted by Gasteiger charge is 2.43. The van der Waals surface area contributed by atoms with Crippen molar-refractivity contribution < 1.29 is 9.18 Å². The van der Waals surface area contributed by atoms with Crippen molar-refractivity contribution in [3.05, 3.63) is 93.2 Å². The van der Waals surface area contributed by atoms with Gasteiger partial charge in [0.2, 0.25) is 0 Å². The molecule has 3 aromatic rings. The van der Waals surface area contributed by atoms with E-state index in [0.29, 0.717) is 41.0 Å². The fraction of sp³-hybridized carbons (Fsp3) is 0.250. The molecular formula is C24H22FN3O2. The maximum atomic E-state index is 14.1. The van der Waals surface area contributed by atoms with Gasteiger partial charge in [-0.25, -0.2) is 9.07 Å². The smallest absolute Gasteiger partial charge is 0.277 e. The van der Waals surface area contributed by atoms with Crippen molar-refractivity contribution in [1.29, 1.82) is 0 Å². The van der Waals surface area contributed by atoms with Gasteiger partial charge in [0.05, 0.1) is 11.3 Å². The Morgan fingerprint density at radius 1 is 1.03 bits per heavy atom. The number of para-hydroxylation sites is 1. The van der Waals surface area contributed by atoms with Crippen molar-refractivity contribution >= 4 is 11.6 Å². The highest BCUT2D eigenvalue weighted by Crippen LogP contribution is 2.47. The molecule has 2 N–H and O–H groups in total. The number of fused-ring (bicyclic) bond motifs is 1. The number of carbonyl (C=O) groups excluding carboxylic acids is 1. The molecule has 30 heavy (non-hydrogen) atoms. The zero-order valence-electron chi connectivity index (χ0n) is 16.8. The fourth-order valence-corrected chi connectivity index (χ4v) is 4.67. The minimum atomic E-state index is -0.607. The predicted molar refractivity (Wildman–Crippen MR) is 113 cm³/mol. The Kier molecular flexibility index (Phi) is 4.07. The van der Waals surface area contributed by atoms with Crippen LogP contribution in [0.25, 0.3) is 5.69 Å². The molecule has 1 aliphatic heterocycles. The zero-order valence-corrected chi connectivity index (χ0v) is 16.8. The largest absolute Gasteiger partial charge is 0.343 e. The third-order valence-corrected chi connectivity index (χ3v) is 5.90. The van der Waals surface area contributed by atoms with E-state index >= 15 is 0 Å². The quantitative estimate of drug-likeness (QED) is 0.662. The third-order valence-electron chi connectivity index (χ3n) is 5.90. The molecule has 6 heteroatoms. The Hall–Kier alpha value is -3.41. The summed E-state index contributed by atoms with van der Waals surface area (Å²) in [5.41, 5.74) is 2.69. The van der Waals surface area contributed by atoms with E-state index < -0.39 is 11.7 Å². The lowest BCUT2D eigenvalue weighted by Crippen LogP contribution is -2.35. The second-order valence-corrected chi connectivity index (χ2v) is 8.82. The molecule has 2 aromatic carbocycles. The highest BCUT2D eigenvalue weighted by molar-refractivity contribution is 6.01. The van der Waals surface area contributed by atoms with Gasteiger partial charge in [0.1, 0.15) is 11.6 Å². The molecule has 1 atom stereocenters. The van der Waals surface area contributed by atoms with Crippen molar-refractivity contribution in [1.82, 2.24) is 9.78 Å². The Morgan fingerprint density at radius 2 is 1.80 bits per heavy atom. The van der Waals surface area contributed by atoms with Crippen LogP contribution >= 0.6 is 0 Å². The van der Waals surface area contributed by atoms with Gasteiger partial charge >= 0.3 is 0 Å². The van der Waals surface area contributed by atoms with E-state index in [2.05, 4.69) is 24.3 Å². The van der Waals surface area contributed by atoms with Gasteiger partial charge in [-0.05, 0) is 41.7 Å². The molecule has 1 aliphatic carbocycles. The summed E-state index contributed by atoms with van der Waals surface area (Å²) < 4.78 is 15.6. The minimum absolute atomic E-state index is 0.000484. The van der Waals surface area contributed by atoms with Crippen molar-refractivity contribution in [3.63, 3.8) is 0 Å². The van der Waals surface area contributed by atoms with Crippen molar-refractivity contribution in [3.8, 4) is 5.69 Å². The monoisotopic (exact) mass is 403 g/mol. The first kappa shape index (κ1) is 18.6. The number of rotatable bonds is 2. The van der Waals surface area contributed by atoms with Crippen LogP contribution in [0.1, 0.15) is 43.7 Å². The first-order valence-corrected chi connectivity index (χ1v) is 10.0. The Balaban J connectivity index is 1.76. The summed E-state index contributed by atoms with van der Waals surface area (Å²) >= 11 is 0. The first-order chi connectivity index (χ1) is 14.3. The van der Waals surface area contributed by atoms with Crippen LogP contribution in [-0.2, 0) is 4.79 Å². The van der Waals surface area contributed by atoms with Crippen LogP contribution < -0.4 is 10.9 Å². The number of allylic oxidation sites excluding steroid dienone is 2. The van der Waals surface area contributed by atoms with Gasteiger partial charge in [-0.1, -0.05) is 44.2 Å². The molecule has 0 radical (unpaired) electrons. The molecule has 0 fully saturated rings. The summed E-state index contributed by atoms with van der Waals surface area (Å²) in [7, 11) is 0. The zero-order chi connectivity index (χ0) is 21.0. The number of aromatic nitrogens is 2. The average Bonchev–Trinajstić information content (AvgIpc) is 3.02. The van der Waals surface area contributed by atoms with Crippen molar-refractivity contribution in [2.24, 2.45) is 5.41 Å². The number of nitrogens with one attached hydrogen (secondary N) is 2. The summed E-state index contributed by atoms with van der Waals surface area (Å²) in [6.07, 6.45) is 1.07. The van der Waals surface area contributed by atoms with Crippen molar-refractivity contribution in [2.75, 3.05) is 5.32 Å². The van der Waals surface area contributed by atoms with Crippen LogP contribution in [0.4, 0.5) is 10.2 Å². The number of H-pyrrole nitrogens is 1. The minimum Gasteiger partial charge on any atom is -0.343 e. The fourth-order valence-electron chi connectivity index (χ4n) is 4.67. The molecule has 5 rings (SSSR count). The van der Waals surface area contributed by atoms with E-state index in [4.69, 9.17) is 0 Å². The van der Waals surface area contributed by atoms with E-state index in [0.717, 1.165) is 5.70 Å². The summed E-state index contributed by atoms with van der Waals surface area (Å²) in [5, 5.41) is 6.48. The van der Waals surface area contributed by atoms with Crippen LogP contribution in [0, 0.1) is 11.2 Å². The topological polar surface area (TPSA) is 66.9 Å². The normalized spacial score (nSPS) is 19.8. The van der Waals surface area contributed by atoms with E-state index in [1.807, 2.05) is 30.3 Å². The lowest BCUT2D eigenvalue weighted by Gasteiger charge is -2.37. The lowest BCUT2D eigenvalue weighted by atomic mass is 9.69. The molecule has 0 saturated carbocycles. The Bertz CT molecular complexity index is 1250. The Morgan fingerprint density at radius 3 is 2.53 bits per heavy atom. The average molecular weight is 403 g/mol. The molecule has 5 nitrogen and oxygen atoms in total. The van der Waals surface area contributed by atoms with E-state index in [1.54, 1.807) is 12.1 Å². The molecule has 1 unspecified atom stereocenters. The van der Waals surface area contributed by atoms with Gasteiger partial charge in [-0.3, -0.25) is 14.7 Å². The van der Waals surface area contributed by atoms with Gasteiger partial charge in [0.25, 0.3) is 5.56 Å². The summed E-state index contributed by atoms with van der Waals surface area (Å²) in [4.78, 5) is 26.7. The molecule has 2 heterocycles. The molecule has 0 spiro atoms. The SMILES string of the molecule is CC1(C)CC(=O)C2=C(C1)Nc1[nH]n(-c3ccccc3)c(=O)c1C2c1cccc(F)c1. The second-order valence-electron chi connectivity index (χ2n) is 8.82. The molecule has 152 valence electrons. The molecule has 0 amide bonds. The van der Waals surface area contributed by atoms with Crippen LogP contribution in [-0.4, -0.2) is 15.6 Å².